The summed E-state index contributed by atoms with van der Waals surface area (Å²) in [6.45, 7) is 3.08. The number of hydrogen-bond donors (Lipinski definition) is 0. The first-order valence-corrected chi connectivity index (χ1v) is 10.8. The van der Waals surface area contributed by atoms with Crippen LogP contribution in [0.1, 0.15) is 42.4 Å². The van der Waals surface area contributed by atoms with Gasteiger partial charge in [-0.1, -0.05) is 18.2 Å². The van der Waals surface area contributed by atoms with Crippen molar-refractivity contribution in [3.8, 4) is 0 Å². The van der Waals surface area contributed by atoms with Gasteiger partial charge in [-0.15, -0.1) is 0 Å². The van der Waals surface area contributed by atoms with Crippen molar-refractivity contribution in [3.63, 3.8) is 0 Å². The average Bonchev–Trinajstić information content (AvgIpc) is 3.19. The van der Waals surface area contributed by atoms with Gasteiger partial charge < -0.3 is 4.57 Å². The summed E-state index contributed by atoms with van der Waals surface area (Å²) >= 11 is 0. The Morgan fingerprint density at radius 3 is 2.73 bits per heavy atom. The molecule has 0 spiro atoms. The summed E-state index contributed by atoms with van der Waals surface area (Å²) in [7, 11) is -3.50. The number of rotatable bonds is 6. The molecular formula is C19H24FN3O2S. The van der Waals surface area contributed by atoms with E-state index in [4.69, 9.17) is 0 Å². The highest BCUT2D eigenvalue weighted by atomic mass is 32.2. The molecule has 0 amide bonds. The molecule has 4 rings (SSSR count). The fourth-order valence-electron chi connectivity index (χ4n) is 3.86. The van der Waals surface area contributed by atoms with E-state index in [1.807, 2.05) is 6.20 Å². The van der Waals surface area contributed by atoms with E-state index in [-0.39, 0.29) is 17.2 Å². The molecule has 2 fully saturated rings. The number of halogens is 1. The highest BCUT2D eigenvalue weighted by Crippen LogP contribution is 2.37. The van der Waals surface area contributed by atoms with Crippen molar-refractivity contribution in [3.05, 3.63) is 53.4 Å². The first-order chi connectivity index (χ1) is 12.4. The molecule has 2 aliphatic rings. The second kappa shape index (κ2) is 6.78. The van der Waals surface area contributed by atoms with Gasteiger partial charge in [0.15, 0.2) is 0 Å². The zero-order valence-electron chi connectivity index (χ0n) is 14.9. The van der Waals surface area contributed by atoms with Gasteiger partial charge in [0.25, 0.3) is 0 Å². The number of aryl methyl sites for hydroxylation is 1. The Kier molecular flexibility index (Phi) is 4.61. The van der Waals surface area contributed by atoms with E-state index in [9.17, 15) is 12.8 Å². The Morgan fingerprint density at radius 2 is 2.00 bits per heavy atom. The van der Waals surface area contributed by atoms with Crippen LogP contribution < -0.4 is 0 Å². The van der Waals surface area contributed by atoms with Gasteiger partial charge >= 0.3 is 0 Å². The smallest absolute Gasteiger partial charge is 0.218 e. The summed E-state index contributed by atoms with van der Waals surface area (Å²) in [4.78, 5) is 4.55. The Morgan fingerprint density at radius 1 is 1.23 bits per heavy atom. The topological polar surface area (TPSA) is 55.2 Å². The minimum Gasteiger partial charge on any atom is -0.329 e. The Bertz CT molecular complexity index is 905. The molecular weight excluding hydrogens is 353 g/mol. The molecule has 1 aliphatic carbocycles. The van der Waals surface area contributed by atoms with E-state index in [1.54, 1.807) is 12.1 Å². The van der Waals surface area contributed by atoms with Crippen molar-refractivity contribution in [1.82, 2.24) is 13.9 Å². The molecule has 5 nitrogen and oxygen atoms in total. The van der Waals surface area contributed by atoms with Gasteiger partial charge in [-0.25, -0.2) is 22.1 Å². The molecule has 0 bridgehead atoms. The molecule has 2 aromatic rings. The number of hydrogen-bond acceptors (Lipinski definition) is 3. The molecule has 26 heavy (non-hydrogen) atoms. The summed E-state index contributed by atoms with van der Waals surface area (Å²) in [6.07, 6.45) is 5.95. The third-order valence-corrected chi connectivity index (χ3v) is 7.17. The highest BCUT2D eigenvalue weighted by Gasteiger charge is 2.34. The fraction of sp³-hybridized carbons (Fsp3) is 0.526. The van der Waals surface area contributed by atoms with Gasteiger partial charge in [0.2, 0.25) is 10.0 Å². The predicted molar refractivity (Wildman–Crippen MR) is 97.6 cm³/mol. The molecule has 0 radical (unpaired) electrons. The third kappa shape index (κ3) is 3.55. The quantitative estimate of drug-likeness (QED) is 0.777. The molecule has 1 saturated carbocycles. The largest absolute Gasteiger partial charge is 0.329 e. The second-order valence-electron chi connectivity index (χ2n) is 7.48. The number of benzene rings is 1. The van der Waals surface area contributed by atoms with Crippen molar-refractivity contribution < 1.29 is 12.8 Å². The van der Waals surface area contributed by atoms with Gasteiger partial charge in [0.1, 0.15) is 11.6 Å². The molecule has 1 aromatic carbocycles. The molecule has 140 valence electrons. The Hall–Kier alpha value is -1.73. The summed E-state index contributed by atoms with van der Waals surface area (Å²) in [5.41, 5.74) is 1.42. The van der Waals surface area contributed by atoms with Crippen LogP contribution in [0.2, 0.25) is 0 Å². The maximum absolute atomic E-state index is 13.8. The monoisotopic (exact) mass is 377 g/mol. The molecule has 2 heterocycles. The lowest BCUT2D eigenvalue weighted by atomic mass is 10.0. The Labute approximate surface area is 153 Å². The standard InChI is InChI=1S/C19H24FN3O2S/c1-14-11-21-19(23(14)17-6-7-17)10-15-8-9-22(12-15)26(24,25)13-16-4-2-3-5-18(16)20/h2-5,11,15,17H,6-10,12-13H2,1H3. The minimum atomic E-state index is -3.50. The van der Waals surface area contributed by atoms with E-state index in [1.165, 1.54) is 35.0 Å². The molecule has 1 aliphatic heterocycles. The zero-order chi connectivity index (χ0) is 18.3. The molecule has 1 unspecified atom stereocenters. The first-order valence-electron chi connectivity index (χ1n) is 9.18. The number of sulfonamides is 1. The maximum Gasteiger partial charge on any atom is 0.218 e. The molecule has 7 heteroatoms. The molecule has 1 saturated heterocycles. The van der Waals surface area contributed by atoms with Crippen molar-refractivity contribution in [2.24, 2.45) is 5.92 Å². The van der Waals surface area contributed by atoms with E-state index in [2.05, 4.69) is 16.5 Å². The van der Waals surface area contributed by atoms with Crippen LogP contribution in [-0.2, 0) is 22.2 Å². The highest BCUT2D eigenvalue weighted by molar-refractivity contribution is 7.88. The van der Waals surface area contributed by atoms with Crippen LogP contribution >= 0.6 is 0 Å². The lowest BCUT2D eigenvalue weighted by molar-refractivity contribution is 0.448. The molecule has 1 aromatic heterocycles. The van der Waals surface area contributed by atoms with E-state index < -0.39 is 15.8 Å². The van der Waals surface area contributed by atoms with E-state index in [0.29, 0.717) is 19.1 Å². The van der Waals surface area contributed by atoms with Crippen molar-refractivity contribution in [1.29, 1.82) is 0 Å². The van der Waals surface area contributed by atoms with E-state index in [0.717, 1.165) is 18.7 Å². The lowest BCUT2D eigenvalue weighted by Gasteiger charge is -2.17. The molecule has 1 atom stereocenters. The summed E-state index contributed by atoms with van der Waals surface area (Å²) in [5.74, 6) is 0.601. The lowest BCUT2D eigenvalue weighted by Crippen LogP contribution is -2.30. The van der Waals surface area contributed by atoms with Gasteiger partial charge in [-0.3, -0.25) is 0 Å². The van der Waals surface area contributed by atoms with Crippen LogP contribution in [0.15, 0.2) is 30.5 Å². The van der Waals surface area contributed by atoms with Crippen LogP contribution in [0, 0.1) is 18.7 Å². The molecule has 0 N–H and O–H groups in total. The number of aromatic nitrogens is 2. The SMILES string of the molecule is Cc1cnc(CC2CCN(S(=O)(=O)Cc3ccccc3F)C2)n1C1CC1. The maximum atomic E-state index is 13.8. The van der Waals surface area contributed by atoms with Crippen LogP contribution in [0.4, 0.5) is 4.39 Å². The van der Waals surface area contributed by atoms with Gasteiger partial charge in [-0.2, -0.15) is 0 Å². The van der Waals surface area contributed by atoms with Gasteiger partial charge in [0, 0.05) is 43.0 Å². The first kappa shape index (κ1) is 17.7. The number of imidazole rings is 1. The predicted octanol–water partition coefficient (Wildman–Crippen LogP) is 3.06. The van der Waals surface area contributed by atoms with Gasteiger partial charge in [-0.05, 0) is 38.2 Å². The zero-order valence-corrected chi connectivity index (χ0v) is 15.8. The van der Waals surface area contributed by atoms with Crippen LogP contribution in [0.25, 0.3) is 0 Å². The van der Waals surface area contributed by atoms with Gasteiger partial charge in [0.05, 0.1) is 5.75 Å². The minimum absolute atomic E-state index is 0.232. The summed E-state index contributed by atoms with van der Waals surface area (Å²) in [5, 5.41) is 0. The van der Waals surface area contributed by atoms with Crippen LogP contribution in [0.5, 0.6) is 0 Å². The van der Waals surface area contributed by atoms with Crippen LogP contribution in [0.3, 0.4) is 0 Å². The fourth-order valence-corrected chi connectivity index (χ4v) is 5.49. The third-order valence-electron chi connectivity index (χ3n) is 5.38. The normalized spacial score (nSPS) is 21.4. The van der Waals surface area contributed by atoms with E-state index >= 15 is 0 Å². The van der Waals surface area contributed by atoms with Crippen LogP contribution in [-0.4, -0.2) is 35.4 Å². The summed E-state index contributed by atoms with van der Waals surface area (Å²) < 4.78 is 43.0. The average molecular weight is 377 g/mol. The van der Waals surface area contributed by atoms with Crippen molar-refractivity contribution >= 4 is 10.0 Å². The summed E-state index contributed by atoms with van der Waals surface area (Å²) in [6, 6.07) is 6.66. The Balaban J connectivity index is 1.43. The number of nitrogens with zero attached hydrogens (tertiary/aromatic N) is 3. The van der Waals surface area contributed by atoms with Crippen molar-refractivity contribution in [2.75, 3.05) is 13.1 Å². The van der Waals surface area contributed by atoms with Crippen molar-refractivity contribution in [2.45, 2.75) is 44.4 Å². The second-order valence-corrected chi connectivity index (χ2v) is 9.45.